The number of benzene rings is 1. The van der Waals surface area contributed by atoms with E-state index >= 15 is 0 Å². The highest BCUT2D eigenvalue weighted by atomic mass is 32.1. The summed E-state index contributed by atoms with van der Waals surface area (Å²) in [6.45, 7) is 8.17. The molecule has 1 aliphatic heterocycles. The van der Waals surface area contributed by atoms with Gasteiger partial charge in [0, 0.05) is 50.7 Å². The number of hydrogen-bond donors (Lipinski definition) is 0. The standard InChI is InChI=1S/C21H23FN6S/c1-2-10-27-20(17-6-5-9-23-15-17)24-28(21(27)29)16-25-11-13-26(14-12-25)19-8-4-3-7-18(19)22/h2-9,15H,1,10-14,16H2. The lowest BCUT2D eigenvalue weighted by atomic mass is 10.2. The number of allylic oxidation sites excluding steroid dienone is 1. The van der Waals surface area contributed by atoms with Gasteiger partial charge in [-0.2, -0.15) is 5.10 Å². The van der Waals surface area contributed by atoms with E-state index in [1.807, 2.05) is 39.6 Å². The number of aromatic nitrogens is 4. The molecule has 0 atom stereocenters. The van der Waals surface area contributed by atoms with Gasteiger partial charge in [-0.3, -0.25) is 14.5 Å². The quantitative estimate of drug-likeness (QED) is 0.459. The van der Waals surface area contributed by atoms with Gasteiger partial charge >= 0.3 is 0 Å². The van der Waals surface area contributed by atoms with Crippen LogP contribution in [0.2, 0.25) is 0 Å². The Hall–Kier alpha value is -2.84. The topological polar surface area (TPSA) is 42.1 Å². The highest BCUT2D eigenvalue weighted by Gasteiger charge is 2.21. The SMILES string of the molecule is C=CCn1c(-c2cccnc2)nn(CN2CCN(c3ccccc3F)CC2)c1=S. The predicted molar refractivity (Wildman–Crippen MR) is 115 cm³/mol. The number of nitrogens with zero attached hydrogens (tertiary/aromatic N) is 6. The summed E-state index contributed by atoms with van der Waals surface area (Å²) in [6.07, 6.45) is 5.34. The Labute approximate surface area is 174 Å². The van der Waals surface area contributed by atoms with E-state index in [4.69, 9.17) is 17.3 Å². The van der Waals surface area contributed by atoms with Gasteiger partial charge in [0.05, 0.1) is 12.4 Å². The fourth-order valence-electron chi connectivity index (χ4n) is 3.56. The van der Waals surface area contributed by atoms with Gasteiger partial charge in [0.2, 0.25) is 0 Å². The van der Waals surface area contributed by atoms with Gasteiger partial charge in [0.15, 0.2) is 10.6 Å². The molecule has 8 heteroatoms. The summed E-state index contributed by atoms with van der Waals surface area (Å²) in [7, 11) is 0. The van der Waals surface area contributed by atoms with Crippen molar-refractivity contribution in [3.63, 3.8) is 0 Å². The molecule has 0 unspecified atom stereocenters. The molecule has 1 fully saturated rings. The molecule has 0 radical (unpaired) electrons. The largest absolute Gasteiger partial charge is 0.367 e. The lowest BCUT2D eigenvalue weighted by Crippen LogP contribution is -2.47. The molecule has 3 heterocycles. The molecule has 6 nitrogen and oxygen atoms in total. The molecule has 0 bridgehead atoms. The minimum absolute atomic E-state index is 0.174. The molecule has 2 aromatic heterocycles. The monoisotopic (exact) mass is 410 g/mol. The highest BCUT2D eigenvalue weighted by molar-refractivity contribution is 7.71. The highest BCUT2D eigenvalue weighted by Crippen LogP contribution is 2.21. The third-order valence-corrected chi connectivity index (χ3v) is 5.48. The van der Waals surface area contributed by atoms with Gasteiger partial charge in [0.1, 0.15) is 5.82 Å². The first-order chi connectivity index (χ1) is 14.2. The summed E-state index contributed by atoms with van der Waals surface area (Å²) in [6, 6.07) is 10.8. The molecule has 150 valence electrons. The van der Waals surface area contributed by atoms with Crippen LogP contribution in [0.15, 0.2) is 61.4 Å². The maximum absolute atomic E-state index is 14.1. The Balaban J connectivity index is 1.50. The zero-order valence-corrected chi connectivity index (χ0v) is 16.9. The maximum Gasteiger partial charge on any atom is 0.199 e. The van der Waals surface area contributed by atoms with E-state index in [9.17, 15) is 4.39 Å². The van der Waals surface area contributed by atoms with E-state index < -0.39 is 0 Å². The van der Waals surface area contributed by atoms with Crippen LogP contribution in [-0.4, -0.2) is 50.4 Å². The van der Waals surface area contributed by atoms with Crippen molar-refractivity contribution in [2.75, 3.05) is 31.1 Å². The first-order valence-corrected chi connectivity index (χ1v) is 9.99. The summed E-state index contributed by atoms with van der Waals surface area (Å²) in [5.41, 5.74) is 1.58. The van der Waals surface area contributed by atoms with Gasteiger partial charge in [-0.15, -0.1) is 6.58 Å². The Morgan fingerprint density at radius 2 is 1.90 bits per heavy atom. The Morgan fingerprint density at radius 3 is 2.59 bits per heavy atom. The molecule has 4 rings (SSSR count). The van der Waals surface area contributed by atoms with E-state index in [1.165, 1.54) is 6.07 Å². The van der Waals surface area contributed by atoms with Crippen molar-refractivity contribution >= 4 is 17.9 Å². The van der Waals surface area contributed by atoms with E-state index in [0.717, 1.165) is 37.6 Å². The van der Waals surface area contributed by atoms with Gasteiger partial charge < -0.3 is 4.90 Å². The number of anilines is 1. The second-order valence-electron chi connectivity index (χ2n) is 6.94. The van der Waals surface area contributed by atoms with Crippen LogP contribution in [0.3, 0.4) is 0 Å². The molecular weight excluding hydrogens is 387 g/mol. The molecule has 0 N–H and O–H groups in total. The molecule has 0 amide bonds. The molecular formula is C21H23FN6S. The van der Waals surface area contributed by atoms with Gasteiger partial charge in [-0.25, -0.2) is 9.07 Å². The molecule has 0 aliphatic carbocycles. The van der Waals surface area contributed by atoms with E-state index in [0.29, 0.717) is 23.7 Å². The zero-order valence-electron chi connectivity index (χ0n) is 16.1. The third kappa shape index (κ3) is 4.13. The molecule has 0 saturated carbocycles. The summed E-state index contributed by atoms with van der Waals surface area (Å²) in [5, 5.41) is 4.76. The number of piperazine rings is 1. The summed E-state index contributed by atoms with van der Waals surface area (Å²) >= 11 is 5.67. The lowest BCUT2D eigenvalue weighted by molar-refractivity contribution is 0.194. The molecule has 1 saturated heterocycles. The van der Waals surface area contributed by atoms with Crippen molar-refractivity contribution < 1.29 is 4.39 Å². The first kappa shape index (κ1) is 19.5. The molecule has 29 heavy (non-hydrogen) atoms. The minimum atomic E-state index is -0.174. The maximum atomic E-state index is 14.1. The summed E-state index contributed by atoms with van der Waals surface area (Å²) in [4.78, 5) is 8.56. The number of para-hydroxylation sites is 1. The van der Waals surface area contributed by atoms with Crippen LogP contribution in [0.1, 0.15) is 0 Å². The normalized spacial score (nSPS) is 14.9. The van der Waals surface area contributed by atoms with Crippen molar-refractivity contribution in [3.05, 3.63) is 72.0 Å². The first-order valence-electron chi connectivity index (χ1n) is 9.58. The molecule has 1 aromatic carbocycles. The number of hydrogen-bond acceptors (Lipinski definition) is 5. The van der Waals surface area contributed by atoms with Crippen molar-refractivity contribution in [1.29, 1.82) is 0 Å². The van der Waals surface area contributed by atoms with Crippen molar-refractivity contribution in [1.82, 2.24) is 24.2 Å². The Bertz CT molecular complexity index is 1040. The van der Waals surface area contributed by atoms with Crippen LogP contribution in [-0.2, 0) is 13.2 Å². The smallest absolute Gasteiger partial charge is 0.199 e. The van der Waals surface area contributed by atoms with Crippen LogP contribution in [0.4, 0.5) is 10.1 Å². The number of halogens is 1. The summed E-state index contributed by atoms with van der Waals surface area (Å²) < 4.78 is 18.5. The molecule has 1 aliphatic rings. The van der Waals surface area contributed by atoms with Crippen LogP contribution >= 0.6 is 12.2 Å². The van der Waals surface area contributed by atoms with Crippen molar-refractivity contribution in [2.24, 2.45) is 0 Å². The lowest BCUT2D eigenvalue weighted by Gasteiger charge is -2.35. The van der Waals surface area contributed by atoms with Crippen LogP contribution < -0.4 is 4.90 Å². The fourth-order valence-corrected chi connectivity index (χ4v) is 3.82. The number of pyridine rings is 1. The summed E-state index contributed by atoms with van der Waals surface area (Å²) in [5.74, 6) is 0.612. The zero-order chi connectivity index (χ0) is 20.2. The fraction of sp³-hybridized carbons (Fsp3) is 0.286. The van der Waals surface area contributed by atoms with Crippen LogP contribution in [0.5, 0.6) is 0 Å². The Kier molecular flexibility index (Phi) is 5.82. The average Bonchev–Trinajstić information content (AvgIpc) is 3.06. The minimum Gasteiger partial charge on any atom is -0.367 e. The van der Waals surface area contributed by atoms with Gasteiger partial charge in [0.25, 0.3) is 0 Å². The van der Waals surface area contributed by atoms with Crippen molar-refractivity contribution in [2.45, 2.75) is 13.2 Å². The number of rotatable bonds is 6. The van der Waals surface area contributed by atoms with E-state index in [2.05, 4.69) is 21.4 Å². The molecule has 0 spiro atoms. The third-order valence-electron chi connectivity index (χ3n) is 5.05. The van der Waals surface area contributed by atoms with Crippen LogP contribution in [0.25, 0.3) is 11.4 Å². The van der Waals surface area contributed by atoms with E-state index in [-0.39, 0.29) is 5.82 Å². The van der Waals surface area contributed by atoms with Gasteiger partial charge in [-0.1, -0.05) is 18.2 Å². The van der Waals surface area contributed by atoms with E-state index in [1.54, 1.807) is 18.5 Å². The second-order valence-corrected chi connectivity index (χ2v) is 7.31. The average molecular weight is 411 g/mol. The van der Waals surface area contributed by atoms with Crippen LogP contribution in [0, 0.1) is 10.6 Å². The predicted octanol–water partition coefficient (Wildman–Crippen LogP) is 3.58. The Morgan fingerprint density at radius 1 is 1.10 bits per heavy atom. The van der Waals surface area contributed by atoms with Crippen molar-refractivity contribution in [3.8, 4) is 11.4 Å². The molecule has 3 aromatic rings. The van der Waals surface area contributed by atoms with Gasteiger partial charge in [-0.05, 0) is 36.5 Å². The second kappa shape index (κ2) is 8.67.